The molecule has 2 aromatic carbocycles. The second-order valence-electron chi connectivity index (χ2n) is 15.0. The number of likely N-dealkylation sites (tertiary alicyclic amines) is 2. The number of nitrogens with one attached hydrogen (secondary N) is 2. The second kappa shape index (κ2) is 15.0. The minimum Gasteiger partial charge on any atom is -0.507 e. The van der Waals surface area contributed by atoms with Gasteiger partial charge in [-0.3, -0.25) is 14.4 Å². The quantitative estimate of drug-likeness (QED) is 0.137. The number of carbonyl (C=O) groups excluding carboxylic acids is 3. The van der Waals surface area contributed by atoms with Gasteiger partial charge in [0, 0.05) is 49.0 Å². The van der Waals surface area contributed by atoms with Crippen LogP contribution in [0.25, 0.3) is 32.7 Å². The number of aliphatic hydroxyl groups is 1. The van der Waals surface area contributed by atoms with Crippen molar-refractivity contribution in [3.05, 3.63) is 101 Å². The van der Waals surface area contributed by atoms with E-state index in [1.54, 1.807) is 58.7 Å². The van der Waals surface area contributed by atoms with E-state index in [1.165, 1.54) is 4.90 Å². The van der Waals surface area contributed by atoms with Crippen molar-refractivity contribution in [2.45, 2.75) is 64.1 Å². The number of nitrogens with zero attached hydrogens (tertiary/aromatic N) is 6. The number of para-hydroxylation sites is 1. The molecule has 4 atom stereocenters. The van der Waals surface area contributed by atoms with Gasteiger partial charge in [0.2, 0.25) is 11.8 Å². The fourth-order valence-corrected chi connectivity index (χ4v) is 8.44. The Morgan fingerprint density at radius 3 is 2.48 bits per heavy atom. The highest BCUT2D eigenvalue weighted by Crippen LogP contribution is 2.36. The van der Waals surface area contributed by atoms with Gasteiger partial charge in [-0.1, -0.05) is 55.4 Å². The van der Waals surface area contributed by atoms with E-state index in [2.05, 4.69) is 30.6 Å². The number of H-pyrrole nitrogens is 1. The topological polar surface area (TPSA) is 191 Å². The third-order valence-electron chi connectivity index (χ3n) is 10.8. The van der Waals surface area contributed by atoms with Crippen molar-refractivity contribution < 1.29 is 29.1 Å². The van der Waals surface area contributed by atoms with Gasteiger partial charge in [0.05, 0.1) is 39.6 Å². The molecule has 2 aliphatic heterocycles. The SMILES string of the molecule is Cc1ncsc1-c1ccc([C@H](C)NC(=O)[C@@H]2C[C@@H](O)CN2C(=O)[C@@H](c2cc(C3CN(C(=O)c4cc5cc(-c6ccccc6O)nnc5[nH]4)C3)no2)C(C)C)cc1. The molecule has 2 saturated heterocycles. The number of phenolic OH excluding ortho intramolecular Hbond substituents is 1. The molecule has 2 fully saturated rings. The highest BCUT2D eigenvalue weighted by Gasteiger charge is 2.44. The predicted octanol–water partition coefficient (Wildman–Crippen LogP) is 5.57. The average molecular weight is 775 g/mol. The minimum atomic E-state index is -0.846. The molecule has 0 bridgehead atoms. The lowest BCUT2D eigenvalue weighted by Gasteiger charge is -2.37. The molecule has 288 valence electrons. The molecule has 6 aromatic rings. The largest absolute Gasteiger partial charge is 0.507 e. The number of carbonyl (C=O) groups is 3. The summed E-state index contributed by atoms with van der Waals surface area (Å²) < 4.78 is 5.78. The number of aromatic nitrogens is 5. The molecular formula is C41H42N8O6S. The summed E-state index contributed by atoms with van der Waals surface area (Å²) in [6.07, 6.45) is -0.709. The van der Waals surface area contributed by atoms with Crippen molar-refractivity contribution in [2.24, 2.45) is 5.92 Å². The average Bonchev–Trinajstić information content (AvgIpc) is 3.98. The van der Waals surface area contributed by atoms with Gasteiger partial charge in [0.1, 0.15) is 29.2 Å². The fourth-order valence-electron chi connectivity index (χ4n) is 7.63. The Labute approximate surface area is 326 Å². The first-order chi connectivity index (χ1) is 26.9. The first kappa shape index (κ1) is 37.0. The van der Waals surface area contributed by atoms with Crippen LogP contribution in [0.15, 0.2) is 76.8 Å². The van der Waals surface area contributed by atoms with E-state index in [1.807, 2.05) is 57.5 Å². The highest BCUT2D eigenvalue weighted by atomic mass is 32.1. The molecule has 0 spiro atoms. The molecular weight excluding hydrogens is 733 g/mol. The van der Waals surface area contributed by atoms with E-state index in [-0.39, 0.29) is 54.3 Å². The lowest BCUT2D eigenvalue weighted by atomic mass is 9.89. The lowest BCUT2D eigenvalue weighted by molar-refractivity contribution is -0.141. The number of aryl methyl sites for hydroxylation is 1. The number of fused-ring (bicyclic) bond motifs is 1. The summed E-state index contributed by atoms with van der Waals surface area (Å²) in [5, 5.41) is 37.4. The van der Waals surface area contributed by atoms with Crippen molar-refractivity contribution in [2.75, 3.05) is 19.6 Å². The Hall–Kier alpha value is -5.93. The number of hydrogen-bond donors (Lipinski definition) is 4. The first-order valence-electron chi connectivity index (χ1n) is 18.6. The number of aromatic hydroxyl groups is 1. The Morgan fingerprint density at radius 2 is 1.77 bits per heavy atom. The number of aliphatic hydroxyl groups excluding tert-OH is 1. The van der Waals surface area contributed by atoms with Crippen LogP contribution in [-0.2, 0) is 9.59 Å². The summed E-state index contributed by atoms with van der Waals surface area (Å²) in [6, 6.07) is 18.9. The molecule has 3 amide bonds. The summed E-state index contributed by atoms with van der Waals surface area (Å²) in [7, 11) is 0. The molecule has 4 aromatic heterocycles. The van der Waals surface area contributed by atoms with Crippen molar-refractivity contribution in [1.29, 1.82) is 0 Å². The van der Waals surface area contributed by atoms with E-state index in [9.17, 15) is 24.6 Å². The molecule has 4 N–H and O–H groups in total. The zero-order valence-electron chi connectivity index (χ0n) is 31.3. The third kappa shape index (κ3) is 7.03. The Morgan fingerprint density at radius 1 is 1.00 bits per heavy atom. The maximum atomic E-state index is 14.2. The van der Waals surface area contributed by atoms with E-state index in [0.717, 1.165) is 21.7 Å². The molecule has 56 heavy (non-hydrogen) atoms. The number of hydrogen-bond acceptors (Lipinski definition) is 11. The van der Waals surface area contributed by atoms with Crippen molar-refractivity contribution in [3.63, 3.8) is 0 Å². The Kier molecular flexibility index (Phi) is 9.89. The number of benzene rings is 2. The van der Waals surface area contributed by atoms with E-state index < -0.39 is 18.1 Å². The summed E-state index contributed by atoms with van der Waals surface area (Å²) in [5.74, 6) is -1.39. The Bertz CT molecular complexity index is 2420. The second-order valence-corrected chi connectivity index (χ2v) is 15.9. The summed E-state index contributed by atoms with van der Waals surface area (Å²) >= 11 is 1.58. The number of thiazole rings is 1. The Balaban J connectivity index is 0.906. The van der Waals surface area contributed by atoms with Gasteiger partial charge in [-0.15, -0.1) is 21.5 Å². The zero-order valence-corrected chi connectivity index (χ0v) is 32.2. The van der Waals surface area contributed by atoms with Crippen LogP contribution in [-0.4, -0.2) is 94.8 Å². The lowest BCUT2D eigenvalue weighted by Crippen LogP contribution is -2.48. The minimum absolute atomic E-state index is 0.0352. The molecule has 0 unspecified atom stereocenters. The normalized spacial score (nSPS) is 18.3. The van der Waals surface area contributed by atoms with Gasteiger partial charge in [0.25, 0.3) is 5.91 Å². The van der Waals surface area contributed by atoms with Gasteiger partial charge < -0.3 is 34.8 Å². The fraction of sp³-hybridized carbons (Fsp3) is 0.341. The van der Waals surface area contributed by atoms with E-state index in [0.29, 0.717) is 52.5 Å². The smallest absolute Gasteiger partial charge is 0.270 e. The van der Waals surface area contributed by atoms with E-state index in [4.69, 9.17) is 4.52 Å². The van der Waals surface area contributed by atoms with Gasteiger partial charge in [-0.25, -0.2) is 4.98 Å². The van der Waals surface area contributed by atoms with Crippen LogP contribution >= 0.6 is 11.3 Å². The van der Waals surface area contributed by atoms with Crippen molar-refractivity contribution in [3.8, 4) is 27.4 Å². The predicted molar refractivity (Wildman–Crippen MR) is 209 cm³/mol. The molecule has 15 heteroatoms. The van der Waals surface area contributed by atoms with Crippen LogP contribution in [0.1, 0.15) is 78.3 Å². The molecule has 0 aliphatic carbocycles. The van der Waals surface area contributed by atoms with E-state index >= 15 is 0 Å². The van der Waals surface area contributed by atoms with Crippen LogP contribution in [0.3, 0.4) is 0 Å². The summed E-state index contributed by atoms with van der Waals surface area (Å²) in [6.45, 7) is 8.53. The molecule has 14 nitrogen and oxygen atoms in total. The molecule has 2 aliphatic rings. The summed E-state index contributed by atoms with van der Waals surface area (Å²) in [5.41, 5.74) is 7.27. The number of aromatic amines is 1. The van der Waals surface area contributed by atoms with Crippen LogP contribution < -0.4 is 5.32 Å². The van der Waals surface area contributed by atoms with Crippen LogP contribution in [0.4, 0.5) is 0 Å². The maximum absolute atomic E-state index is 14.2. The number of β-amino-alcohol motifs (C(OH)–C–C–N with tert-alkyl or cyclic N) is 1. The zero-order chi connectivity index (χ0) is 39.2. The molecule has 0 radical (unpaired) electrons. The van der Waals surface area contributed by atoms with Gasteiger partial charge in [0.15, 0.2) is 5.65 Å². The maximum Gasteiger partial charge on any atom is 0.270 e. The molecule has 8 rings (SSSR count). The van der Waals surface area contributed by atoms with Gasteiger partial charge in [-0.05, 0) is 55.2 Å². The highest BCUT2D eigenvalue weighted by molar-refractivity contribution is 7.13. The standard InChI is InChI=1S/C41H42N8O6S/c1-21(2)36(41(54)49-19-28(50)15-33(49)39(52)43-22(3)24-9-11-25(12-10-24)37-23(4)42-20-56-37)35-16-30(47-55-35)27-17-48(18-27)40(53)32-14-26-13-31(45-46-38(26)44-32)29-7-5-6-8-34(29)51/h5-14,16,20-22,27-28,33,36,50-51H,15,17-19H2,1-4H3,(H,43,52)(H,44,46)/t22-,28+,33-,36+/m0/s1. The van der Waals surface area contributed by atoms with Crippen LogP contribution in [0.5, 0.6) is 5.75 Å². The van der Waals surface area contributed by atoms with Crippen LogP contribution in [0, 0.1) is 12.8 Å². The monoisotopic (exact) mass is 774 g/mol. The number of rotatable bonds is 10. The number of phenols is 1. The summed E-state index contributed by atoms with van der Waals surface area (Å²) in [4.78, 5) is 52.9. The van der Waals surface area contributed by atoms with Gasteiger partial charge in [-0.2, -0.15) is 0 Å². The van der Waals surface area contributed by atoms with Gasteiger partial charge >= 0.3 is 0 Å². The first-order valence-corrected chi connectivity index (χ1v) is 19.5. The molecule has 6 heterocycles. The van der Waals surface area contributed by atoms with Crippen molar-refractivity contribution in [1.82, 2.24) is 40.4 Å². The molecule has 0 saturated carbocycles. The third-order valence-corrected chi connectivity index (χ3v) is 11.8. The van der Waals surface area contributed by atoms with Crippen molar-refractivity contribution >= 4 is 40.1 Å². The number of amides is 3. The van der Waals surface area contributed by atoms with Crippen LogP contribution in [0.2, 0.25) is 0 Å².